The number of amides is 5. The van der Waals surface area contributed by atoms with E-state index in [0.29, 0.717) is 136 Å². The monoisotopic (exact) mass is 1170 g/mol. The number of nitrogens with zero attached hydrogens (tertiary/aromatic N) is 5. The number of fused-ring (bicyclic) bond motifs is 1. The number of aryl methyl sites for hydroxylation is 1. The topological polar surface area (TPSA) is 284 Å². The number of aliphatic hydroxyl groups excluding tert-OH is 2. The molecule has 6 N–H and O–H groups in total. The Morgan fingerprint density at radius 3 is 2.18 bits per heavy atom. The number of piperidine rings is 1. The summed E-state index contributed by atoms with van der Waals surface area (Å²) in [6, 6.07) is 26.4. The molecule has 1 saturated heterocycles. The number of unbranched alkanes of at least 4 members (excludes halogenated alkanes) is 1. The highest BCUT2D eigenvalue weighted by Crippen LogP contribution is 2.44. The van der Waals surface area contributed by atoms with Crippen LogP contribution in [0.4, 0.5) is 15.8 Å². The number of halogens is 1. The Morgan fingerprint density at radius 2 is 1.47 bits per heavy atom. The van der Waals surface area contributed by atoms with Gasteiger partial charge in [0.1, 0.15) is 17.6 Å². The summed E-state index contributed by atoms with van der Waals surface area (Å²) >= 11 is 0. The second-order valence-corrected chi connectivity index (χ2v) is 20.9. The van der Waals surface area contributed by atoms with E-state index in [4.69, 9.17) is 23.7 Å². The Labute approximate surface area is 491 Å². The summed E-state index contributed by atoms with van der Waals surface area (Å²) < 4.78 is 47.1. The number of carbonyl (C=O) groups is 6. The van der Waals surface area contributed by atoms with E-state index in [2.05, 4.69) is 26.3 Å². The highest BCUT2D eigenvalue weighted by molar-refractivity contribution is 6.25. The van der Waals surface area contributed by atoms with E-state index in [1.807, 2.05) is 67.1 Å². The lowest BCUT2D eigenvalue weighted by Crippen LogP contribution is -2.54. The van der Waals surface area contributed by atoms with Crippen LogP contribution in [0.2, 0.25) is 0 Å². The molecule has 85 heavy (non-hydrogen) atoms. The smallest absolute Gasteiger partial charge is 0.305 e. The number of benzene rings is 4. The Balaban J connectivity index is 0.740. The number of imide groups is 2. The molecule has 2 aliphatic heterocycles. The number of carboxylic acid groups (broad SMARTS) is 1. The molecule has 4 heterocycles. The Morgan fingerprint density at radius 1 is 0.765 bits per heavy atom. The zero-order valence-corrected chi connectivity index (χ0v) is 47.7. The van der Waals surface area contributed by atoms with E-state index >= 15 is 0 Å². The SMILES string of the molecule is CC(C)c1c(C(=O)Nc2ccccc2)c(-c2cccc(OCCCCc3cn(CCOCCOCCOCCOCCNc4cccc5c4C(=O)N(C4CCC(=O)NC4=O)C5=O)nn3)c2)c(-c2ccc(F)cc2)n1CCC(O)CC(O)CC(=O)O. The van der Waals surface area contributed by atoms with Crippen LogP contribution in [-0.4, -0.2) is 160 Å². The van der Waals surface area contributed by atoms with Crippen LogP contribution < -0.4 is 20.7 Å². The number of nitrogens with one attached hydrogen (secondary N) is 3. The zero-order valence-electron chi connectivity index (χ0n) is 47.7. The number of hydrogen-bond acceptors (Lipinski definition) is 16. The van der Waals surface area contributed by atoms with Crippen LogP contribution in [0.3, 0.4) is 0 Å². The molecule has 452 valence electrons. The minimum absolute atomic E-state index is 0.0456. The van der Waals surface area contributed by atoms with Crippen molar-refractivity contribution in [1.29, 1.82) is 0 Å². The summed E-state index contributed by atoms with van der Waals surface area (Å²) in [5.41, 5.74) is 5.85. The molecule has 3 unspecified atom stereocenters. The van der Waals surface area contributed by atoms with Gasteiger partial charge in [-0.15, -0.1) is 5.10 Å². The van der Waals surface area contributed by atoms with Gasteiger partial charge in [0.05, 0.1) is 113 Å². The molecule has 0 spiro atoms. The molecule has 23 heteroatoms. The molecule has 1 fully saturated rings. The van der Waals surface area contributed by atoms with Crippen molar-refractivity contribution in [3.63, 3.8) is 0 Å². The lowest BCUT2D eigenvalue weighted by molar-refractivity contribution is -0.140. The lowest BCUT2D eigenvalue weighted by atomic mass is 9.94. The van der Waals surface area contributed by atoms with Gasteiger partial charge in [0, 0.05) is 48.3 Å². The predicted molar refractivity (Wildman–Crippen MR) is 311 cm³/mol. The maximum absolute atomic E-state index is 14.7. The molecule has 3 atom stereocenters. The first kappa shape index (κ1) is 62.8. The molecule has 0 saturated carbocycles. The highest BCUT2D eigenvalue weighted by Gasteiger charge is 2.45. The number of anilines is 2. The van der Waals surface area contributed by atoms with Crippen LogP contribution >= 0.6 is 0 Å². The van der Waals surface area contributed by atoms with E-state index < -0.39 is 60.1 Å². The van der Waals surface area contributed by atoms with Gasteiger partial charge in [-0.2, -0.15) is 0 Å². The highest BCUT2D eigenvalue weighted by atomic mass is 19.1. The molecule has 8 rings (SSSR count). The van der Waals surface area contributed by atoms with Crippen LogP contribution in [0.15, 0.2) is 103 Å². The maximum atomic E-state index is 14.7. The van der Waals surface area contributed by atoms with Gasteiger partial charge in [0.2, 0.25) is 11.8 Å². The molecule has 0 bridgehead atoms. The zero-order chi connectivity index (χ0) is 60.2. The number of aliphatic carboxylic acids is 1. The second kappa shape index (κ2) is 31.1. The fraction of sp³-hybridized carbons (Fsp3) is 0.419. The third kappa shape index (κ3) is 17.2. The predicted octanol–water partition coefficient (Wildman–Crippen LogP) is 6.89. The van der Waals surface area contributed by atoms with Crippen LogP contribution in [0.1, 0.15) is 107 Å². The number of aromatic nitrogens is 4. The Hall–Kier alpha value is -8.19. The summed E-state index contributed by atoms with van der Waals surface area (Å²) in [5, 5.41) is 47.5. The van der Waals surface area contributed by atoms with E-state index in [9.17, 15) is 48.5 Å². The third-order valence-electron chi connectivity index (χ3n) is 14.3. The van der Waals surface area contributed by atoms with Gasteiger partial charge in [-0.05, 0) is 116 Å². The van der Waals surface area contributed by atoms with Crippen LogP contribution in [0.25, 0.3) is 22.4 Å². The van der Waals surface area contributed by atoms with Gasteiger partial charge in [-0.1, -0.05) is 55.5 Å². The molecular weight excluding hydrogens is 1100 g/mol. The van der Waals surface area contributed by atoms with E-state index in [1.54, 1.807) is 47.1 Å². The summed E-state index contributed by atoms with van der Waals surface area (Å²) in [6.45, 7) is 8.34. The third-order valence-corrected chi connectivity index (χ3v) is 14.3. The average molecular weight is 1170 g/mol. The lowest BCUT2D eigenvalue weighted by Gasteiger charge is -2.27. The van der Waals surface area contributed by atoms with E-state index in [0.717, 1.165) is 17.0 Å². The van der Waals surface area contributed by atoms with E-state index in [1.165, 1.54) is 12.1 Å². The first-order valence-electron chi connectivity index (χ1n) is 28.6. The van der Waals surface area contributed by atoms with Crippen molar-refractivity contribution in [3.05, 3.63) is 137 Å². The quantitative estimate of drug-likeness (QED) is 0.0175. The number of carboxylic acids is 1. The molecule has 0 aliphatic carbocycles. The van der Waals surface area contributed by atoms with Gasteiger partial charge in [0.15, 0.2) is 0 Å². The number of ether oxygens (including phenoxy) is 5. The van der Waals surface area contributed by atoms with Crippen LogP contribution in [0, 0.1) is 5.82 Å². The largest absolute Gasteiger partial charge is 0.494 e. The summed E-state index contributed by atoms with van der Waals surface area (Å²) in [6.07, 6.45) is 1.37. The summed E-state index contributed by atoms with van der Waals surface area (Å²) in [4.78, 5) is 77.2. The molecule has 2 aliphatic rings. The molecule has 0 radical (unpaired) electrons. The molecular formula is C62H73FN8O14. The van der Waals surface area contributed by atoms with Gasteiger partial charge in [0.25, 0.3) is 17.7 Å². The van der Waals surface area contributed by atoms with Crippen molar-refractivity contribution in [2.45, 2.75) is 102 Å². The number of aliphatic hydroxyl groups is 2. The van der Waals surface area contributed by atoms with Crippen LogP contribution in [-0.2, 0) is 52.8 Å². The molecule has 5 amide bonds. The molecule has 4 aromatic carbocycles. The number of para-hydroxylation sites is 1. The van der Waals surface area contributed by atoms with Crippen molar-refractivity contribution in [1.82, 2.24) is 29.8 Å². The minimum Gasteiger partial charge on any atom is -0.494 e. The van der Waals surface area contributed by atoms with Crippen molar-refractivity contribution in [3.8, 4) is 28.1 Å². The standard InChI is InChI=1S/C62H73FN8O14/c1-40(2)57-56(60(78)65-44-11-4-3-5-12-44)54(58(41-17-19-43(63)20-18-41)70(57)25-23-46(72)37-47(73)38-53(75)76)42-10-8-14-48(36-42)85-27-7-6-13-45-39-69(68-67-45)26-29-82-31-33-84-35-34-83-32-30-81-28-24-64-50-16-9-15-49-55(50)62(80)71(61(49)79)51-21-22-52(74)66-59(51)77/h3-5,8-12,14-20,36,39-40,46-47,51,64,72-73H,6-7,13,21-35,37-38H2,1-2H3,(H,65,78)(H,75,76)(H,66,74,77). The minimum atomic E-state index is -1.25. The Bertz CT molecular complexity index is 3240. The van der Waals surface area contributed by atoms with Gasteiger partial charge in [-0.25, -0.2) is 9.07 Å². The summed E-state index contributed by atoms with van der Waals surface area (Å²) in [5.74, 6) is -3.85. The van der Waals surface area contributed by atoms with Crippen LogP contribution in [0.5, 0.6) is 5.75 Å². The van der Waals surface area contributed by atoms with Crippen molar-refractivity contribution in [2.24, 2.45) is 0 Å². The second-order valence-electron chi connectivity index (χ2n) is 20.9. The number of hydrogen-bond donors (Lipinski definition) is 6. The number of carbonyl (C=O) groups excluding carboxylic acids is 5. The Kier molecular flexibility index (Phi) is 23.0. The molecule has 2 aromatic heterocycles. The first-order chi connectivity index (χ1) is 41.2. The average Bonchev–Trinajstić information content (AvgIpc) is 2.56. The normalized spacial score (nSPS) is 14.8. The number of rotatable bonds is 35. The van der Waals surface area contributed by atoms with Gasteiger partial charge in [-0.3, -0.25) is 39.0 Å². The van der Waals surface area contributed by atoms with Gasteiger partial charge < -0.3 is 54.2 Å². The van der Waals surface area contributed by atoms with Crippen molar-refractivity contribution in [2.75, 3.05) is 76.6 Å². The maximum Gasteiger partial charge on any atom is 0.305 e. The van der Waals surface area contributed by atoms with E-state index in [-0.39, 0.29) is 55.2 Å². The van der Waals surface area contributed by atoms with Gasteiger partial charge >= 0.3 is 5.97 Å². The fourth-order valence-electron chi connectivity index (χ4n) is 10.3. The molecule has 6 aromatic rings. The first-order valence-corrected chi connectivity index (χ1v) is 28.6. The van der Waals surface area contributed by atoms with Crippen molar-refractivity contribution >= 4 is 46.9 Å². The molecule has 22 nitrogen and oxygen atoms in total. The fourth-order valence-corrected chi connectivity index (χ4v) is 10.3. The summed E-state index contributed by atoms with van der Waals surface area (Å²) in [7, 11) is 0. The van der Waals surface area contributed by atoms with Crippen molar-refractivity contribution < 1.29 is 72.2 Å².